The molecule has 3 aliphatic rings. The van der Waals surface area contributed by atoms with Gasteiger partial charge in [-0.05, 0) is 50.9 Å². The van der Waals surface area contributed by atoms with E-state index in [0.29, 0.717) is 25.6 Å². The van der Waals surface area contributed by atoms with Gasteiger partial charge in [0.2, 0.25) is 5.91 Å². The van der Waals surface area contributed by atoms with Gasteiger partial charge in [0, 0.05) is 25.6 Å². The molecule has 5 nitrogen and oxygen atoms in total. The number of likely N-dealkylation sites (tertiary alicyclic amines) is 1. The molecule has 23 heavy (non-hydrogen) atoms. The fourth-order valence-electron chi connectivity index (χ4n) is 4.03. The Kier molecular flexibility index (Phi) is 5.57. The van der Waals surface area contributed by atoms with Crippen LogP contribution in [0, 0.1) is 11.8 Å². The number of nitrogens with zero attached hydrogens (tertiary/aromatic N) is 1. The summed E-state index contributed by atoms with van der Waals surface area (Å²) in [4.78, 5) is 26.5. The van der Waals surface area contributed by atoms with Gasteiger partial charge in [0.25, 0.3) is 0 Å². The first-order valence-corrected chi connectivity index (χ1v) is 9.21. The predicted molar refractivity (Wildman–Crippen MR) is 85.8 cm³/mol. The Balaban J connectivity index is 1.45. The minimum atomic E-state index is -0.287. The third-order valence-electron chi connectivity index (χ3n) is 5.60. The van der Waals surface area contributed by atoms with Crippen LogP contribution in [0.4, 0.5) is 0 Å². The van der Waals surface area contributed by atoms with Gasteiger partial charge in [0.15, 0.2) is 0 Å². The molecule has 0 aromatic heterocycles. The van der Waals surface area contributed by atoms with E-state index in [0.717, 1.165) is 44.6 Å². The van der Waals surface area contributed by atoms with Crippen molar-refractivity contribution in [3.63, 3.8) is 0 Å². The zero-order valence-electron chi connectivity index (χ0n) is 14.2. The normalized spacial score (nSPS) is 35.3. The fourth-order valence-corrected chi connectivity index (χ4v) is 4.03. The average Bonchev–Trinajstić information content (AvgIpc) is 2.96. The second-order valence-corrected chi connectivity index (χ2v) is 7.48. The minimum Gasteiger partial charge on any atom is -0.463 e. The quantitative estimate of drug-likeness (QED) is 0.746. The van der Waals surface area contributed by atoms with E-state index in [2.05, 4.69) is 6.92 Å². The molecule has 130 valence electrons. The first kappa shape index (κ1) is 16.7. The van der Waals surface area contributed by atoms with Crippen molar-refractivity contribution in [1.82, 2.24) is 4.90 Å². The summed E-state index contributed by atoms with van der Waals surface area (Å²) in [6.07, 6.45) is 8.06. The third-order valence-corrected chi connectivity index (χ3v) is 5.60. The second-order valence-electron chi connectivity index (χ2n) is 7.48. The summed E-state index contributed by atoms with van der Waals surface area (Å²) in [5.74, 6) is 0.380. The summed E-state index contributed by atoms with van der Waals surface area (Å²) in [6, 6.07) is 0.332. The lowest BCUT2D eigenvalue weighted by Gasteiger charge is -2.33. The van der Waals surface area contributed by atoms with Crippen LogP contribution in [-0.2, 0) is 19.1 Å². The van der Waals surface area contributed by atoms with E-state index in [-0.39, 0.29) is 23.9 Å². The SMILES string of the molecule is CC1CCC(N2C[C@@H](C(=O)OC[C@H]3CCCCO3)CC2=O)CC1. The zero-order chi connectivity index (χ0) is 16.2. The van der Waals surface area contributed by atoms with Crippen LogP contribution in [0.2, 0.25) is 0 Å². The number of hydrogen-bond donors (Lipinski definition) is 0. The van der Waals surface area contributed by atoms with Crippen molar-refractivity contribution in [3.05, 3.63) is 0 Å². The van der Waals surface area contributed by atoms with Crippen molar-refractivity contribution in [2.45, 2.75) is 70.4 Å². The average molecular weight is 323 g/mol. The van der Waals surface area contributed by atoms with Crippen LogP contribution in [0.5, 0.6) is 0 Å². The van der Waals surface area contributed by atoms with Crippen LogP contribution >= 0.6 is 0 Å². The molecule has 0 radical (unpaired) electrons. The number of amides is 1. The highest BCUT2D eigenvalue weighted by Crippen LogP contribution is 2.31. The van der Waals surface area contributed by atoms with Crippen LogP contribution in [0.15, 0.2) is 0 Å². The number of ether oxygens (including phenoxy) is 2. The molecule has 1 saturated carbocycles. The van der Waals surface area contributed by atoms with Crippen molar-refractivity contribution < 1.29 is 19.1 Å². The summed E-state index contributed by atoms with van der Waals surface area (Å²) in [5.41, 5.74) is 0. The van der Waals surface area contributed by atoms with Crippen molar-refractivity contribution in [1.29, 1.82) is 0 Å². The van der Waals surface area contributed by atoms with Gasteiger partial charge in [-0.1, -0.05) is 6.92 Å². The second kappa shape index (κ2) is 7.65. The third kappa shape index (κ3) is 4.25. The van der Waals surface area contributed by atoms with Crippen LogP contribution < -0.4 is 0 Å². The molecule has 3 fully saturated rings. The van der Waals surface area contributed by atoms with Gasteiger partial charge in [-0.25, -0.2) is 0 Å². The summed E-state index contributed by atoms with van der Waals surface area (Å²) >= 11 is 0. The highest BCUT2D eigenvalue weighted by molar-refractivity contribution is 5.87. The monoisotopic (exact) mass is 323 g/mol. The van der Waals surface area contributed by atoms with Gasteiger partial charge in [-0.2, -0.15) is 0 Å². The molecule has 0 spiro atoms. The summed E-state index contributed by atoms with van der Waals surface area (Å²) < 4.78 is 11.0. The first-order chi connectivity index (χ1) is 11.1. The summed E-state index contributed by atoms with van der Waals surface area (Å²) in [5, 5.41) is 0. The van der Waals surface area contributed by atoms with E-state index in [9.17, 15) is 9.59 Å². The maximum atomic E-state index is 12.3. The van der Waals surface area contributed by atoms with Crippen molar-refractivity contribution in [2.75, 3.05) is 19.8 Å². The molecule has 1 amide bonds. The van der Waals surface area contributed by atoms with E-state index >= 15 is 0 Å². The van der Waals surface area contributed by atoms with Crippen molar-refractivity contribution >= 4 is 11.9 Å². The first-order valence-electron chi connectivity index (χ1n) is 9.21. The van der Waals surface area contributed by atoms with Crippen LogP contribution in [0.25, 0.3) is 0 Å². The van der Waals surface area contributed by atoms with Gasteiger partial charge in [-0.15, -0.1) is 0 Å². The Morgan fingerprint density at radius 2 is 2.00 bits per heavy atom. The maximum absolute atomic E-state index is 12.3. The Hall–Kier alpha value is -1.10. The lowest BCUT2D eigenvalue weighted by atomic mass is 9.87. The lowest BCUT2D eigenvalue weighted by molar-refractivity contribution is -0.153. The number of rotatable bonds is 4. The van der Waals surface area contributed by atoms with E-state index < -0.39 is 0 Å². The molecule has 0 aromatic carbocycles. The van der Waals surface area contributed by atoms with Gasteiger partial charge in [0.05, 0.1) is 12.0 Å². The molecule has 0 N–H and O–H groups in total. The van der Waals surface area contributed by atoms with Gasteiger partial charge < -0.3 is 14.4 Å². The molecule has 1 aliphatic carbocycles. The molecule has 2 saturated heterocycles. The van der Waals surface area contributed by atoms with Crippen LogP contribution in [0.3, 0.4) is 0 Å². The van der Waals surface area contributed by atoms with Crippen LogP contribution in [-0.4, -0.2) is 48.7 Å². The standard InChI is InChI=1S/C18H29NO4/c1-13-5-7-15(8-6-13)19-11-14(10-17(19)20)18(21)23-12-16-4-2-3-9-22-16/h13-16H,2-12H2,1H3/t13?,14-,15?,16+/m0/s1. The maximum Gasteiger partial charge on any atom is 0.311 e. The lowest BCUT2D eigenvalue weighted by Crippen LogP contribution is -2.39. The highest BCUT2D eigenvalue weighted by atomic mass is 16.6. The van der Waals surface area contributed by atoms with Crippen molar-refractivity contribution in [2.24, 2.45) is 11.8 Å². The molecule has 0 bridgehead atoms. The number of carbonyl (C=O) groups is 2. The van der Waals surface area contributed by atoms with Crippen molar-refractivity contribution in [3.8, 4) is 0 Å². The predicted octanol–water partition coefficient (Wildman–Crippen LogP) is 2.53. The van der Waals surface area contributed by atoms with Gasteiger partial charge >= 0.3 is 5.97 Å². The van der Waals surface area contributed by atoms with Crippen LogP contribution in [0.1, 0.15) is 58.3 Å². The van der Waals surface area contributed by atoms with E-state index in [1.807, 2.05) is 4.90 Å². The molecule has 2 aliphatic heterocycles. The topological polar surface area (TPSA) is 55.8 Å². The van der Waals surface area contributed by atoms with Gasteiger partial charge in [-0.3, -0.25) is 9.59 Å². The molecule has 2 heterocycles. The fraction of sp³-hybridized carbons (Fsp3) is 0.889. The van der Waals surface area contributed by atoms with E-state index in [1.165, 1.54) is 12.8 Å². The Bertz CT molecular complexity index is 425. The van der Waals surface area contributed by atoms with Gasteiger partial charge in [0.1, 0.15) is 6.61 Å². The molecular weight excluding hydrogens is 294 g/mol. The summed E-state index contributed by atoms with van der Waals surface area (Å²) in [6.45, 7) is 3.92. The Labute approximate surface area is 138 Å². The Morgan fingerprint density at radius 1 is 1.22 bits per heavy atom. The molecule has 0 unspecified atom stereocenters. The largest absolute Gasteiger partial charge is 0.463 e. The minimum absolute atomic E-state index is 0.0424. The molecule has 2 atom stereocenters. The smallest absolute Gasteiger partial charge is 0.311 e. The highest BCUT2D eigenvalue weighted by Gasteiger charge is 2.39. The number of esters is 1. The number of carbonyl (C=O) groups excluding carboxylic acids is 2. The summed E-state index contributed by atoms with van der Waals surface area (Å²) in [7, 11) is 0. The zero-order valence-corrected chi connectivity index (χ0v) is 14.2. The number of hydrogen-bond acceptors (Lipinski definition) is 4. The molecular formula is C18H29NO4. The Morgan fingerprint density at radius 3 is 2.70 bits per heavy atom. The molecule has 5 heteroatoms. The molecule has 0 aromatic rings. The van der Waals surface area contributed by atoms with E-state index in [4.69, 9.17) is 9.47 Å². The van der Waals surface area contributed by atoms with E-state index in [1.54, 1.807) is 0 Å². The molecule has 3 rings (SSSR count).